The Kier molecular flexibility index (Phi) is 5.63. The van der Waals surface area contributed by atoms with Gasteiger partial charge in [0.05, 0.1) is 11.6 Å². The molecule has 0 aliphatic carbocycles. The summed E-state index contributed by atoms with van der Waals surface area (Å²) in [4.78, 5) is 34.4. The van der Waals surface area contributed by atoms with E-state index in [1.807, 2.05) is 0 Å². The molecule has 3 N–H and O–H groups in total. The number of carbonyl (C=O) groups is 3. The van der Waals surface area contributed by atoms with Crippen molar-refractivity contribution in [1.29, 1.82) is 0 Å². The van der Waals surface area contributed by atoms with E-state index in [2.05, 4.69) is 0 Å². The lowest BCUT2D eigenvalue weighted by molar-refractivity contribution is -0.147. The molecule has 6 nitrogen and oxygen atoms in total. The predicted octanol–water partition coefficient (Wildman–Crippen LogP) is -0.419. The highest BCUT2D eigenvalue weighted by Gasteiger charge is 2.33. The van der Waals surface area contributed by atoms with Crippen LogP contribution in [0.5, 0.6) is 0 Å². The van der Waals surface area contributed by atoms with Crippen molar-refractivity contribution in [2.24, 2.45) is 5.73 Å². The SMILES string of the molecule is NC(=O)CSCCC(=O)N1CSCC1C(=O)O. The Balaban J connectivity index is 2.32. The fourth-order valence-corrected chi connectivity index (χ4v) is 3.21. The molecule has 96 valence electrons. The highest BCUT2D eigenvalue weighted by Crippen LogP contribution is 2.22. The Morgan fingerprint density at radius 2 is 2.18 bits per heavy atom. The van der Waals surface area contributed by atoms with E-state index in [0.717, 1.165) is 0 Å². The number of hydrogen-bond acceptors (Lipinski definition) is 5. The van der Waals surface area contributed by atoms with E-state index in [1.165, 1.54) is 28.4 Å². The molecule has 1 atom stereocenters. The van der Waals surface area contributed by atoms with Gasteiger partial charge in [0.15, 0.2) is 0 Å². The van der Waals surface area contributed by atoms with Crippen molar-refractivity contribution in [3.8, 4) is 0 Å². The normalized spacial score (nSPS) is 19.3. The minimum Gasteiger partial charge on any atom is -0.480 e. The molecule has 0 aromatic heterocycles. The van der Waals surface area contributed by atoms with Crippen LogP contribution in [0, 0.1) is 0 Å². The first kappa shape index (κ1) is 14.2. The Hall–Kier alpha value is -0.890. The Morgan fingerprint density at radius 3 is 2.76 bits per heavy atom. The van der Waals surface area contributed by atoms with Crippen LogP contribution in [0.2, 0.25) is 0 Å². The zero-order valence-corrected chi connectivity index (χ0v) is 10.8. The molecule has 0 radical (unpaired) electrons. The Morgan fingerprint density at radius 1 is 1.47 bits per heavy atom. The summed E-state index contributed by atoms with van der Waals surface area (Å²) in [6.07, 6.45) is 0.238. The molecule has 1 unspecified atom stereocenters. The van der Waals surface area contributed by atoms with Crippen LogP contribution in [0.25, 0.3) is 0 Å². The average molecular weight is 278 g/mol. The molecule has 0 saturated carbocycles. The molecule has 0 aromatic rings. The third-order valence-electron chi connectivity index (χ3n) is 2.19. The lowest BCUT2D eigenvalue weighted by atomic mass is 10.3. The van der Waals surface area contributed by atoms with E-state index in [-0.39, 0.29) is 18.1 Å². The molecule has 1 saturated heterocycles. The van der Waals surface area contributed by atoms with Crippen molar-refractivity contribution < 1.29 is 19.5 Å². The standard InChI is InChI=1S/C9H14N2O4S2/c10-7(12)4-16-2-1-8(13)11-5-17-3-6(11)9(14)15/h6H,1-5H2,(H2,10,12)(H,14,15). The topological polar surface area (TPSA) is 101 Å². The summed E-state index contributed by atoms with van der Waals surface area (Å²) in [5.74, 6) is -0.0269. The van der Waals surface area contributed by atoms with Crippen LogP contribution in [0.15, 0.2) is 0 Å². The second kappa shape index (κ2) is 6.75. The molecule has 1 heterocycles. The van der Waals surface area contributed by atoms with Gasteiger partial charge >= 0.3 is 5.97 Å². The van der Waals surface area contributed by atoms with E-state index in [0.29, 0.717) is 17.4 Å². The maximum Gasteiger partial charge on any atom is 0.327 e. The molecular weight excluding hydrogens is 264 g/mol. The van der Waals surface area contributed by atoms with Gasteiger partial charge in [0.25, 0.3) is 0 Å². The first-order chi connectivity index (χ1) is 8.02. The number of rotatable bonds is 6. The van der Waals surface area contributed by atoms with Crippen LogP contribution in [-0.2, 0) is 14.4 Å². The summed E-state index contributed by atoms with van der Waals surface area (Å²) in [5.41, 5.74) is 4.96. The summed E-state index contributed by atoms with van der Waals surface area (Å²) in [6, 6.07) is -0.714. The zero-order chi connectivity index (χ0) is 12.8. The number of carboxylic acids is 1. The van der Waals surface area contributed by atoms with Crippen LogP contribution in [0.4, 0.5) is 0 Å². The van der Waals surface area contributed by atoms with Crippen molar-refractivity contribution >= 4 is 41.3 Å². The summed E-state index contributed by atoms with van der Waals surface area (Å²) >= 11 is 2.72. The summed E-state index contributed by atoms with van der Waals surface area (Å²) in [5, 5.41) is 8.90. The number of nitrogens with two attached hydrogens (primary N) is 1. The predicted molar refractivity (Wildman–Crippen MR) is 66.7 cm³/mol. The van der Waals surface area contributed by atoms with Gasteiger partial charge in [0.2, 0.25) is 11.8 Å². The Bertz CT molecular complexity index is 324. The third kappa shape index (κ3) is 4.47. The van der Waals surface area contributed by atoms with E-state index in [9.17, 15) is 14.4 Å². The molecule has 8 heteroatoms. The number of nitrogens with zero attached hydrogens (tertiary/aromatic N) is 1. The summed E-state index contributed by atoms with van der Waals surface area (Å²) < 4.78 is 0. The van der Waals surface area contributed by atoms with Crippen LogP contribution in [0.1, 0.15) is 6.42 Å². The van der Waals surface area contributed by atoms with Gasteiger partial charge in [0.1, 0.15) is 6.04 Å². The second-order valence-corrected chi connectivity index (χ2v) is 5.59. The maximum absolute atomic E-state index is 11.7. The fourth-order valence-electron chi connectivity index (χ4n) is 1.37. The third-order valence-corrected chi connectivity index (χ3v) is 4.19. The van der Waals surface area contributed by atoms with Gasteiger partial charge in [-0.2, -0.15) is 11.8 Å². The van der Waals surface area contributed by atoms with Gasteiger partial charge in [-0.25, -0.2) is 4.79 Å². The second-order valence-electron chi connectivity index (χ2n) is 3.49. The molecule has 17 heavy (non-hydrogen) atoms. The number of carbonyl (C=O) groups excluding carboxylic acids is 2. The van der Waals surface area contributed by atoms with E-state index >= 15 is 0 Å². The largest absolute Gasteiger partial charge is 0.480 e. The molecule has 2 amide bonds. The van der Waals surface area contributed by atoms with Gasteiger partial charge < -0.3 is 15.7 Å². The van der Waals surface area contributed by atoms with E-state index < -0.39 is 17.9 Å². The molecule has 0 bridgehead atoms. The highest BCUT2D eigenvalue weighted by atomic mass is 32.2. The number of thioether (sulfide) groups is 2. The number of carboxylic acid groups (broad SMARTS) is 1. The Labute approximate surface area is 107 Å². The lowest BCUT2D eigenvalue weighted by Gasteiger charge is -2.20. The minimum atomic E-state index is -0.965. The molecule has 0 spiro atoms. The van der Waals surface area contributed by atoms with Crippen molar-refractivity contribution in [2.45, 2.75) is 12.5 Å². The summed E-state index contributed by atoms with van der Waals surface area (Å²) in [6.45, 7) is 0. The highest BCUT2D eigenvalue weighted by molar-refractivity contribution is 8.00. The van der Waals surface area contributed by atoms with Crippen molar-refractivity contribution in [1.82, 2.24) is 4.90 Å². The zero-order valence-electron chi connectivity index (χ0n) is 9.13. The van der Waals surface area contributed by atoms with Gasteiger partial charge in [-0.1, -0.05) is 0 Å². The van der Waals surface area contributed by atoms with E-state index in [1.54, 1.807) is 0 Å². The van der Waals surface area contributed by atoms with Crippen molar-refractivity contribution in [3.63, 3.8) is 0 Å². The maximum atomic E-state index is 11.7. The number of primary amides is 1. The van der Waals surface area contributed by atoms with Crippen molar-refractivity contribution in [3.05, 3.63) is 0 Å². The van der Waals surface area contributed by atoms with Gasteiger partial charge in [-0.3, -0.25) is 9.59 Å². The summed E-state index contributed by atoms with van der Waals surface area (Å²) in [7, 11) is 0. The number of aliphatic carboxylic acids is 1. The number of amides is 2. The first-order valence-electron chi connectivity index (χ1n) is 4.98. The molecule has 0 aromatic carbocycles. The van der Waals surface area contributed by atoms with E-state index in [4.69, 9.17) is 10.8 Å². The fraction of sp³-hybridized carbons (Fsp3) is 0.667. The van der Waals surface area contributed by atoms with Crippen LogP contribution in [0.3, 0.4) is 0 Å². The quantitative estimate of drug-likeness (QED) is 0.640. The molecular formula is C9H14N2O4S2. The monoisotopic (exact) mass is 278 g/mol. The molecule has 1 aliphatic heterocycles. The average Bonchev–Trinajstić information content (AvgIpc) is 2.72. The molecule has 1 rings (SSSR count). The van der Waals surface area contributed by atoms with Gasteiger partial charge in [-0.05, 0) is 0 Å². The van der Waals surface area contributed by atoms with Crippen LogP contribution in [-0.4, -0.2) is 57.0 Å². The first-order valence-corrected chi connectivity index (χ1v) is 7.29. The smallest absolute Gasteiger partial charge is 0.327 e. The number of hydrogen-bond donors (Lipinski definition) is 2. The van der Waals surface area contributed by atoms with Gasteiger partial charge in [0, 0.05) is 17.9 Å². The molecule has 1 aliphatic rings. The lowest BCUT2D eigenvalue weighted by Crippen LogP contribution is -2.41. The molecule has 1 fully saturated rings. The van der Waals surface area contributed by atoms with Crippen molar-refractivity contribution in [2.75, 3.05) is 23.1 Å². The minimum absolute atomic E-state index is 0.181. The van der Waals surface area contributed by atoms with Crippen LogP contribution >= 0.6 is 23.5 Å². The van der Waals surface area contributed by atoms with Crippen LogP contribution < -0.4 is 5.73 Å². The van der Waals surface area contributed by atoms with Gasteiger partial charge in [-0.15, -0.1) is 11.8 Å².